The lowest BCUT2D eigenvalue weighted by atomic mass is 10.2. The van der Waals surface area contributed by atoms with Gasteiger partial charge in [-0.15, -0.1) is 20.4 Å². The van der Waals surface area contributed by atoms with Crippen LogP contribution in [0, 0.1) is 0 Å². The van der Waals surface area contributed by atoms with E-state index in [1.807, 2.05) is 41.9 Å². The Kier molecular flexibility index (Phi) is 4.50. The van der Waals surface area contributed by atoms with Crippen LogP contribution in [0.5, 0.6) is 0 Å². The van der Waals surface area contributed by atoms with Gasteiger partial charge in [0.1, 0.15) is 5.01 Å². The highest BCUT2D eigenvalue weighted by Crippen LogP contribution is 2.42. The number of nitrogens with one attached hydrogen (secondary N) is 1. The van der Waals surface area contributed by atoms with Gasteiger partial charge < -0.3 is 4.57 Å². The molecule has 0 unspecified atom stereocenters. The number of thioether (sulfide) groups is 1. The van der Waals surface area contributed by atoms with Crippen molar-refractivity contribution in [3.05, 3.63) is 35.3 Å². The lowest BCUT2D eigenvalue weighted by Crippen LogP contribution is -2.14. The van der Waals surface area contributed by atoms with Crippen molar-refractivity contribution in [1.82, 2.24) is 25.0 Å². The van der Waals surface area contributed by atoms with Crippen LogP contribution in [-0.2, 0) is 11.8 Å². The molecule has 3 aromatic rings. The second-order valence-electron chi connectivity index (χ2n) is 5.79. The van der Waals surface area contributed by atoms with Crippen molar-refractivity contribution in [2.45, 2.75) is 23.9 Å². The molecule has 1 aromatic carbocycles. The number of carbonyl (C=O) groups excluding carboxylic acids is 1. The highest BCUT2D eigenvalue weighted by Gasteiger charge is 2.27. The molecule has 0 bridgehead atoms. The van der Waals surface area contributed by atoms with Crippen LogP contribution >= 0.6 is 23.1 Å². The van der Waals surface area contributed by atoms with E-state index in [-0.39, 0.29) is 11.7 Å². The van der Waals surface area contributed by atoms with E-state index in [0.717, 1.165) is 16.4 Å². The molecule has 0 spiro atoms. The van der Waals surface area contributed by atoms with Crippen molar-refractivity contribution >= 4 is 34.1 Å². The quantitative estimate of drug-likeness (QED) is 0.670. The Bertz CT molecular complexity index is 887. The molecule has 9 heteroatoms. The van der Waals surface area contributed by atoms with E-state index in [1.165, 1.54) is 35.9 Å². The molecule has 0 saturated heterocycles. The van der Waals surface area contributed by atoms with Crippen LogP contribution < -0.4 is 5.32 Å². The van der Waals surface area contributed by atoms with Gasteiger partial charge in [0.05, 0.1) is 5.75 Å². The maximum Gasteiger partial charge on any atom is 0.236 e. The van der Waals surface area contributed by atoms with Gasteiger partial charge in [-0.2, -0.15) is 0 Å². The summed E-state index contributed by atoms with van der Waals surface area (Å²) in [6.45, 7) is 0. The van der Waals surface area contributed by atoms with Crippen molar-refractivity contribution in [3.63, 3.8) is 0 Å². The van der Waals surface area contributed by atoms with E-state index in [0.29, 0.717) is 16.2 Å². The average molecular weight is 372 g/mol. The molecule has 4 rings (SSSR count). The molecule has 7 nitrogen and oxygen atoms in total. The summed E-state index contributed by atoms with van der Waals surface area (Å²) in [5.74, 6) is 1.46. The van der Waals surface area contributed by atoms with Gasteiger partial charge in [0.15, 0.2) is 11.0 Å². The van der Waals surface area contributed by atoms with Gasteiger partial charge in [0.25, 0.3) is 0 Å². The molecule has 0 aliphatic heterocycles. The number of hydrogen-bond donors (Lipinski definition) is 1. The Labute approximate surface area is 152 Å². The van der Waals surface area contributed by atoms with Gasteiger partial charge in [-0.05, 0) is 12.8 Å². The zero-order valence-corrected chi connectivity index (χ0v) is 15.2. The molecule has 1 amide bonds. The third-order valence-corrected chi connectivity index (χ3v) is 5.83. The van der Waals surface area contributed by atoms with E-state index < -0.39 is 0 Å². The van der Waals surface area contributed by atoms with Crippen molar-refractivity contribution < 1.29 is 4.79 Å². The first-order chi connectivity index (χ1) is 12.2. The second kappa shape index (κ2) is 6.93. The van der Waals surface area contributed by atoms with Crippen LogP contribution in [0.3, 0.4) is 0 Å². The fraction of sp³-hybridized carbons (Fsp3) is 0.312. The molecular formula is C16H16N6OS2. The van der Waals surface area contributed by atoms with E-state index in [4.69, 9.17) is 0 Å². The predicted octanol–water partition coefficient (Wildman–Crippen LogP) is 2.94. The normalized spacial score (nSPS) is 13.8. The summed E-state index contributed by atoms with van der Waals surface area (Å²) < 4.78 is 1.89. The summed E-state index contributed by atoms with van der Waals surface area (Å²) in [6.07, 6.45) is 2.35. The van der Waals surface area contributed by atoms with Gasteiger partial charge in [0.2, 0.25) is 11.0 Å². The fourth-order valence-electron chi connectivity index (χ4n) is 2.34. The lowest BCUT2D eigenvalue weighted by Gasteiger charge is -2.03. The number of hydrogen-bond acceptors (Lipinski definition) is 7. The highest BCUT2D eigenvalue weighted by atomic mass is 32.2. The zero-order valence-electron chi connectivity index (χ0n) is 13.5. The molecule has 0 radical (unpaired) electrons. The van der Waals surface area contributed by atoms with Crippen LogP contribution in [0.1, 0.15) is 23.8 Å². The molecule has 0 atom stereocenters. The van der Waals surface area contributed by atoms with Gasteiger partial charge in [0, 0.05) is 18.5 Å². The fourth-order valence-corrected chi connectivity index (χ4v) is 3.98. The number of amides is 1. The Hall–Kier alpha value is -2.26. The Morgan fingerprint density at radius 3 is 2.80 bits per heavy atom. The summed E-state index contributed by atoms with van der Waals surface area (Å²) in [4.78, 5) is 12.1. The Morgan fingerprint density at radius 1 is 1.24 bits per heavy atom. The molecule has 1 aliphatic carbocycles. The SMILES string of the molecule is Cn1c(SCC(=O)Nc2nnc(C3CC3)s2)nnc1-c1ccccc1. The third kappa shape index (κ3) is 3.72. The maximum absolute atomic E-state index is 12.1. The molecule has 1 saturated carbocycles. The zero-order chi connectivity index (χ0) is 17.2. The van der Waals surface area contributed by atoms with Crippen molar-refractivity contribution in [1.29, 1.82) is 0 Å². The molecule has 1 fully saturated rings. The number of carbonyl (C=O) groups is 1. The van der Waals surface area contributed by atoms with E-state index in [2.05, 4.69) is 25.7 Å². The van der Waals surface area contributed by atoms with Crippen molar-refractivity contribution in [2.24, 2.45) is 7.05 Å². The second-order valence-corrected chi connectivity index (χ2v) is 7.74. The predicted molar refractivity (Wildman–Crippen MR) is 97.7 cm³/mol. The van der Waals surface area contributed by atoms with E-state index in [1.54, 1.807) is 0 Å². The Balaban J connectivity index is 1.36. The molecule has 2 aromatic heterocycles. The summed E-state index contributed by atoms with van der Waals surface area (Å²) >= 11 is 2.81. The molecule has 128 valence electrons. The van der Waals surface area contributed by atoms with Gasteiger partial charge >= 0.3 is 0 Å². The maximum atomic E-state index is 12.1. The highest BCUT2D eigenvalue weighted by molar-refractivity contribution is 7.99. The van der Waals surface area contributed by atoms with Crippen LogP contribution in [0.2, 0.25) is 0 Å². The van der Waals surface area contributed by atoms with Gasteiger partial charge in [-0.1, -0.05) is 53.4 Å². The first-order valence-corrected chi connectivity index (χ1v) is 9.72. The molecule has 2 heterocycles. The van der Waals surface area contributed by atoms with Gasteiger partial charge in [-0.3, -0.25) is 10.1 Å². The summed E-state index contributed by atoms with van der Waals surface area (Å²) in [5, 5.41) is 21.6. The number of anilines is 1. The summed E-state index contributed by atoms with van der Waals surface area (Å²) in [5.41, 5.74) is 0.996. The third-order valence-electron chi connectivity index (χ3n) is 3.81. The minimum atomic E-state index is -0.118. The average Bonchev–Trinajstić information content (AvgIpc) is 3.27. The van der Waals surface area contributed by atoms with Crippen LogP contribution in [0.25, 0.3) is 11.4 Å². The van der Waals surface area contributed by atoms with Crippen molar-refractivity contribution in [3.8, 4) is 11.4 Å². The number of benzene rings is 1. The number of rotatable bonds is 6. The standard InChI is InChI=1S/C16H16N6OS2/c1-22-13(10-5-3-2-4-6-10)18-21-16(22)24-9-12(23)17-15-20-19-14(25-15)11-7-8-11/h2-6,11H,7-9H2,1H3,(H,17,20,23). The van der Waals surface area contributed by atoms with E-state index >= 15 is 0 Å². The minimum absolute atomic E-state index is 0.118. The smallest absolute Gasteiger partial charge is 0.236 e. The molecule has 1 aliphatic rings. The lowest BCUT2D eigenvalue weighted by molar-refractivity contribution is -0.113. The molecule has 25 heavy (non-hydrogen) atoms. The summed E-state index contributed by atoms with van der Waals surface area (Å²) in [6, 6.07) is 9.85. The largest absolute Gasteiger partial charge is 0.305 e. The van der Waals surface area contributed by atoms with Crippen LogP contribution in [-0.4, -0.2) is 36.6 Å². The molecular weight excluding hydrogens is 356 g/mol. The topological polar surface area (TPSA) is 85.6 Å². The van der Waals surface area contributed by atoms with Crippen LogP contribution in [0.15, 0.2) is 35.5 Å². The summed E-state index contributed by atoms with van der Waals surface area (Å²) in [7, 11) is 1.90. The number of nitrogens with zero attached hydrogens (tertiary/aromatic N) is 5. The first kappa shape index (κ1) is 16.2. The first-order valence-electron chi connectivity index (χ1n) is 7.91. The van der Waals surface area contributed by atoms with Gasteiger partial charge in [-0.25, -0.2) is 0 Å². The van der Waals surface area contributed by atoms with Crippen LogP contribution in [0.4, 0.5) is 5.13 Å². The van der Waals surface area contributed by atoms with Crippen molar-refractivity contribution in [2.75, 3.05) is 11.1 Å². The van der Waals surface area contributed by atoms with E-state index in [9.17, 15) is 4.79 Å². The molecule has 1 N–H and O–H groups in total. The minimum Gasteiger partial charge on any atom is -0.305 e. The monoisotopic (exact) mass is 372 g/mol. The Morgan fingerprint density at radius 2 is 2.04 bits per heavy atom. The number of aromatic nitrogens is 5.